The third-order valence-electron chi connectivity index (χ3n) is 3.94. The number of halogens is 1. The lowest BCUT2D eigenvalue weighted by atomic mass is 10.0. The van der Waals surface area contributed by atoms with Crippen LogP contribution in [-0.4, -0.2) is 31.6 Å². The van der Waals surface area contributed by atoms with Crippen LogP contribution in [0.2, 0.25) is 0 Å². The highest BCUT2D eigenvalue weighted by Crippen LogP contribution is 2.39. The molecular weight excluding hydrogens is 266 g/mol. The van der Waals surface area contributed by atoms with Gasteiger partial charge in [-0.05, 0) is 31.7 Å². The molecule has 0 amide bonds. The van der Waals surface area contributed by atoms with E-state index in [0.29, 0.717) is 0 Å². The van der Waals surface area contributed by atoms with E-state index in [1.807, 2.05) is 17.9 Å². The molecule has 3 heterocycles. The fraction of sp³-hybridized carbons (Fsp3) is 0.750. The van der Waals surface area contributed by atoms with Crippen LogP contribution in [0.25, 0.3) is 0 Å². The number of hydrogen-bond donors (Lipinski definition) is 0. The monoisotopic (exact) mass is 283 g/mol. The molecule has 4 heteroatoms. The molecule has 2 fully saturated rings. The molecule has 1 aromatic rings. The Morgan fingerprint density at radius 3 is 2.62 bits per heavy atom. The minimum atomic E-state index is 0.741. The number of rotatable bonds is 2. The molecule has 88 valence electrons. The Bertz CT molecular complexity index is 362. The normalized spacial score (nSPS) is 34.5. The summed E-state index contributed by atoms with van der Waals surface area (Å²) in [6, 6.07) is 3.70. The molecule has 16 heavy (non-hydrogen) atoms. The molecule has 3 rings (SSSR count). The SMILES string of the molecule is Cn1ccc(CN2C3CCC2CC(Br)C3)n1. The van der Waals surface area contributed by atoms with Crippen molar-refractivity contribution < 1.29 is 0 Å². The zero-order valence-corrected chi connectivity index (χ0v) is 11.2. The highest BCUT2D eigenvalue weighted by molar-refractivity contribution is 9.09. The van der Waals surface area contributed by atoms with Gasteiger partial charge in [0.15, 0.2) is 0 Å². The van der Waals surface area contributed by atoms with Crippen molar-refractivity contribution in [1.82, 2.24) is 14.7 Å². The van der Waals surface area contributed by atoms with Gasteiger partial charge in [-0.1, -0.05) is 15.9 Å². The van der Waals surface area contributed by atoms with Crippen molar-refractivity contribution in [2.45, 2.75) is 49.1 Å². The van der Waals surface area contributed by atoms with Gasteiger partial charge in [0, 0.05) is 36.7 Å². The van der Waals surface area contributed by atoms with E-state index < -0.39 is 0 Å². The van der Waals surface area contributed by atoms with Crippen molar-refractivity contribution in [1.29, 1.82) is 0 Å². The van der Waals surface area contributed by atoms with Crippen LogP contribution in [-0.2, 0) is 13.6 Å². The van der Waals surface area contributed by atoms with Crippen molar-refractivity contribution >= 4 is 15.9 Å². The predicted octanol–water partition coefficient (Wildman–Crippen LogP) is 2.31. The van der Waals surface area contributed by atoms with E-state index >= 15 is 0 Å². The summed E-state index contributed by atoms with van der Waals surface area (Å²) in [5, 5.41) is 4.48. The van der Waals surface area contributed by atoms with E-state index in [1.54, 1.807) is 0 Å². The van der Waals surface area contributed by atoms with Crippen LogP contribution in [0.3, 0.4) is 0 Å². The molecule has 0 aliphatic carbocycles. The van der Waals surface area contributed by atoms with E-state index in [-0.39, 0.29) is 0 Å². The lowest BCUT2D eigenvalue weighted by molar-refractivity contribution is 0.135. The topological polar surface area (TPSA) is 21.1 Å². The van der Waals surface area contributed by atoms with Crippen molar-refractivity contribution in [2.24, 2.45) is 7.05 Å². The molecule has 0 spiro atoms. The summed E-state index contributed by atoms with van der Waals surface area (Å²) in [4.78, 5) is 3.41. The quantitative estimate of drug-likeness (QED) is 0.777. The van der Waals surface area contributed by atoms with E-state index in [4.69, 9.17) is 0 Å². The first-order chi connectivity index (χ1) is 7.72. The van der Waals surface area contributed by atoms with Gasteiger partial charge in [-0.3, -0.25) is 9.58 Å². The molecule has 2 aliphatic rings. The molecule has 2 aliphatic heterocycles. The minimum Gasteiger partial charge on any atom is -0.291 e. The summed E-state index contributed by atoms with van der Waals surface area (Å²) in [7, 11) is 1.99. The average molecular weight is 284 g/mol. The molecule has 2 saturated heterocycles. The van der Waals surface area contributed by atoms with Gasteiger partial charge in [-0.15, -0.1) is 0 Å². The maximum Gasteiger partial charge on any atom is 0.0764 e. The number of hydrogen-bond acceptors (Lipinski definition) is 2. The van der Waals surface area contributed by atoms with Crippen LogP contribution in [0.1, 0.15) is 31.4 Å². The van der Waals surface area contributed by atoms with Crippen LogP contribution in [0.15, 0.2) is 12.3 Å². The molecule has 0 saturated carbocycles. The maximum absolute atomic E-state index is 4.48. The third kappa shape index (κ3) is 1.93. The number of fused-ring (bicyclic) bond motifs is 2. The van der Waals surface area contributed by atoms with E-state index in [1.165, 1.54) is 31.4 Å². The molecule has 1 aromatic heterocycles. The van der Waals surface area contributed by atoms with Crippen molar-refractivity contribution in [2.75, 3.05) is 0 Å². The number of aryl methyl sites for hydroxylation is 1. The van der Waals surface area contributed by atoms with Gasteiger partial charge in [-0.2, -0.15) is 5.10 Å². The van der Waals surface area contributed by atoms with Crippen LogP contribution >= 0.6 is 15.9 Å². The molecule has 3 nitrogen and oxygen atoms in total. The van der Waals surface area contributed by atoms with E-state index in [0.717, 1.165) is 23.5 Å². The van der Waals surface area contributed by atoms with Gasteiger partial charge in [0.05, 0.1) is 5.69 Å². The average Bonchev–Trinajstić information content (AvgIpc) is 2.72. The van der Waals surface area contributed by atoms with Gasteiger partial charge in [0.2, 0.25) is 0 Å². The van der Waals surface area contributed by atoms with Crippen molar-refractivity contribution in [3.8, 4) is 0 Å². The Balaban J connectivity index is 1.72. The molecule has 0 aromatic carbocycles. The Morgan fingerprint density at radius 1 is 1.38 bits per heavy atom. The summed E-state index contributed by atoms with van der Waals surface area (Å²) in [5.74, 6) is 0. The predicted molar refractivity (Wildman–Crippen MR) is 67.5 cm³/mol. The molecule has 0 radical (unpaired) electrons. The largest absolute Gasteiger partial charge is 0.291 e. The number of nitrogens with zero attached hydrogens (tertiary/aromatic N) is 3. The molecule has 2 bridgehead atoms. The smallest absolute Gasteiger partial charge is 0.0764 e. The van der Waals surface area contributed by atoms with E-state index in [2.05, 4.69) is 32.0 Å². The van der Waals surface area contributed by atoms with Crippen LogP contribution in [0.4, 0.5) is 0 Å². The number of piperidine rings is 1. The van der Waals surface area contributed by atoms with Crippen LogP contribution < -0.4 is 0 Å². The van der Waals surface area contributed by atoms with Gasteiger partial charge in [-0.25, -0.2) is 0 Å². The van der Waals surface area contributed by atoms with Crippen LogP contribution in [0.5, 0.6) is 0 Å². The summed E-state index contributed by atoms with van der Waals surface area (Å²) in [6.07, 6.45) is 7.40. The summed E-state index contributed by atoms with van der Waals surface area (Å²) in [6.45, 7) is 1.04. The Morgan fingerprint density at radius 2 is 2.06 bits per heavy atom. The summed E-state index contributed by atoms with van der Waals surface area (Å²) in [5.41, 5.74) is 1.22. The van der Waals surface area contributed by atoms with Gasteiger partial charge < -0.3 is 0 Å². The first-order valence-electron chi connectivity index (χ1n) is 6.10. The standard InChI is InChI=1S/C12H18BrN3/c1-15-5-4-10(14-15)8-16-11-2-3-12(16)7-9(13)6-11/h4-5,9,11-12H,2-3,6-8H2,1H3. The zero-order chi connectivity index (χ0) is 11.1. The fourth-order valence-electron chi connectivity index (χ4n) is 3.20. The first-order valence-corrected chi connectivity index (χ1v) is 7.02. The Kier molecular flexibility index (Phi) is 2.80. The fourth-order valence-corrected chi connectivity index (χ4v) is 4.06. The second-order valence-corrected chi connectivity index (χ2v) is 6.40. The first kappa shape index (κ1) is 10.8. The molecule has 0 N–H and O–H groups in total. The number of aromatic nitrogens is 2. The van der Waals surface area contributed by atoms with Gasteiger partial charge in [0.25, 0.3) is 0 Å². The maximum atomic E-state index is 4.48. The summed E-state index contributed by atoms with van der Waals surface area (Å²) >= 11 is 3.78. The lowest BCUT2D eigenvalue weighted by Crippen LogP contribution is -2.42. The molecule has 2 atom stereocenters. The van der Waals surface area contributed by atoms with Gasteiger partial charge in [0.1, 0.15) is 0 Å². The molecule has 2 unspecified atom stereocenters. The Hall–Kier alpha value is -0.350. The minimum absolute atomic E-state index is 0.741. The Labute approximate surface area is 105 Å². The highest BCUT2D eigenvalue weighted by Gasteiger charge is 2.39. The molecular formula is C12H18BrN3. The summed E-state index contributed by atoms with van der Waals surface area (Å²) < 4.78 is 1.90. The highest BCUT2D eigenvalue weighted by atomic mass is 79.9. The third-order valence-corrected chi connectivity index (χ3v) is 4.69. The van der Waals surface area contributed by atoms with E-state index in [9.17, 15) is 0 Å². The second-order valence-electron chi connectivity index (χ2n) is 5.11. The van der Waals surface area contributed by atoms with Crippen molar-refractivity contribution in [3.63, 3.8) is 0 Å². The second kappa shape index (κ2) is 4.15. The zero-order valence-electron chi connectivity index (χ0n) is 9.64. The van der Waals surface area contributed by atoms with Gasteiger partial charge >= 0.3 is 0 Å². The lowest BCUT2D eigenvalue weighted by Gasteiger charge is -2.36. The number of alkyl halides is 1. The van der Waals surface area contributed by atoms with Crippen LogP contribution in [0, 0.1) is 0 Å². The van der Waals surface area contributed by atoms with Crippen molar-refractivity contribution in [3.05, 3.63) is 18.0 Å².